The molecule has 7 nitrogen and oxygen atoms in total. The van der Waals surface area contributed by atoms with Gasteiger partial charge in [0, 0.05) is 6.42 Å². The van der Waals surface area contributed by atoms with Gasteiger partial charge in [0.25, 0.3) is 6.29 Å². The van der Waals surface area contributed by atoms with E-state index in [0.29, 0.717) is 6.42 Å². The van der Waals surface area contributed by atoms with E-state index < -0.39 is 30.1 Å². The monoisotopic (exact) mass is 416 g/mol. The van der Waals surface area contributed by atoms with E-state index in [1.165, 1.54) is 70.6 Å². The second kappa shape index (κ2) is 18.6. The third-order valence-corrected chi connectivity index (χ3v) is 4.97. The number of aliphatic carboxylic acids is 1. The molecule has 29 heavy (non-hydrogen) atoms. The Morgan fingerprint density at radius 1 is 0.690 bits per heavy atom. The fourth-order valence-corrected chi connectivity index (χ4v) is 3.14. The van der Waals surface area contributed by atoms with Crippen molar-refractivity contribution >= 4 is 17.7 Å². The van der Waals surface area contributed by atoms with Crippen LogP contribution >= 0.6 is 0 Å². The molecule has 0 heterocycles. The molecule has 3 N–H and O–H groups in total. The summed E-state index contributed by atoms with van der Waals surface area (Å²) in [6, 6.07) is 0. The first-order valence-electron chi connectivity index (χ1n) is 11.2. The Bertz CT molecular complexity index is 450. The van der Waals surface area contributed by atoms with Crippen molar-refractivity contribution in [2.45, 2.75) is 122 Å². The molecule has 0 spiro atoms. The Morgan fingerprint density at radius 3 is 1.45 bits per heavy atom. The Balaban J connectivity index is 3.45. The molecule has 0 aromatic rings. The number of esters is 1. The Morgan fingerprint density at radius 2 is 1.07 bits per heavy atom. The highest BCUT2D eigenvalue weighted by Gasteiger charge is 2.31. The zero-order chi connectivity index (χ0) is 21.9. The topological polar surface area (TPSA) is 121 Å². The summed E-state index contributed by atoms with van der Waals surface area (Å²) in [5.74, 6) is -4.03. The predicted molar refractivity (Wildman–Crippen MR) is 110 cm³/mol. The summed E-state index contributed by atoms with van der Waals surface area (Å²) in [6.07, 6.45) is 13.5. The van der Waals surface area contributed by atoms with Gasteiger partial charge in [-0.2, -0.15) is 0 Å². The zero-order valence-electron chi connectivity index (χ0n) is 17.9. The van der Waals surface area contributed by atoms with Gasteiger partial charge in [-0.1, -0.05) is 96.8 Å². The number of hydrogen-bond acceptors (Lipinski definition) is 6. The number of rotatable bonds is 20. The molecular weight excluding hydrogens is 376 g/mol. The van der Waals surface area contributed by atoms with Crippen LogP contribution in [-0.4, -0.2) is 45.4 Å². The average Bonchev–Trinajstić information content (AvgIpc) is 2.69. The molecule has 0 aliphatic heterocycles. The van der Waals surface area contributed by atoms with Crippen LogP contribution < -0.4 is 0 Å². The van der Waals surface area contributed by atoms with Crippen molar-refractivity contribution in [3.05, 3.63) is 0 Å². The van der Waals surface area contributed by atoms with Crippen LogP contribution in [0.5, 0.6) is 0 Å². The van der Waals surface area contributed by atoms with Crippen molar-refractivity contribution < 1.29 is 34.4 Å². The third-order valence-electron chi connectivity index (χ3n) is 4.97. The van der Waals surface area contributed by atoms with Crippen molar-refractivity contribution in [3.8, 4) is 0 Å². The molecule has 0 aliphatic carbocycles. The summed E-state index contributed by atoms with van der Waals surface area (Å²) in [4.78, 5) is 33.2. The number of ketones is 1. The molecule has 0 aliphatic rings. The van der Waals surface area contributed by atoms with Crippen molar-refractivity contribution in [2.75, 3.05) is 0 Å². The molecule has 2 atom stereocenters. The van der Waals surface area contributed by atoms with Crippen molar-refractivity contribution in [3.63, 3.8) is 0 Å². The molecule has 0 rings (SSSR count). The highest BCUT2D eigenvalue weighted by molar-refractivity contribution is 6.02. The fraction of sp³-hybridized carbons (Fsp3) is 0.864. The largest absolute Gasteiger partial charge is 0.479 e. The minimum Gasteiger partial charge on any atom is -0.479 e. The molecule has 0 saturated heterocycles. The standard InChI is InChI=1S/C22H40O7/c1-2-3-4-5-6-7-8-9-10-11-12-13-14-15-16-17-18(23)29-22(28)20(25)19(24)21(26)27/h19,22,24,28H,2-17H2,1H3,(H,26,27). The lowest BCUT2D eigenvalue weighted by Gasteiger charge is -2.12. The van der Waals surface area contributed by atoms with Gasteiger partial charge in [0.05, 0.1) is 0 Å². The van der Waals surface area contributed by atoms with Crippen LogP contribution in [0, 0.1) is 0 Å². The van der Waals surface area contributed by atoms with Crippen molar-refractivity contribution in [2.24, 2.45) is 0 Å². The maximum atomic E-state index is 11.5. The fourth-order valence-electron chi connectivity index (χ4n) is 3.14. The maximum Gasteiger partial charge on any atom is 0.340 e. The molecule has 0 aromatic heterocycles. The van der Waals surface area contributed by atoms with Gasteiger partial charge in [0.2, 0.25) is 11.9 Å². The first kappa shape index (κ1) is 27.5. The molecule has 7 heteroatoms. The lowest BCUT2D eigenvalue weighted by molar-refractivity contribution is -0.182. The van der Waals surface area contributed by atoms with Crippen molar-refractivity contribution in [1.29, 1.82) is 0 Å². The lowest BCUT2D eigenvalue weighted by Crippen LogP contribution is -2.40. The number of hydrogen-bond donors (Lipinski definition) is 3. The van der Waals surface area contributed by atoms with E-state index in [1.54, 1.807) is 0 Å². The van der Waals surface area contributed by atoms with E-state index in [2.05, 4.69) is 11.7 Å². The summed E-state index contributed by atoms with van der Waals surface area (Å²) >= 11 is 0. The van der Waals surface area contributed by atoms with Crippen LogP contribution in [0.15, 0.2) is 0 Å². The highest BCUT2D eigenvalue weighted by Crippen LogP contribution is 2.14. The molecule has 0 bridgehead atoms. The number of carboxylic acid groups (broad SMARTS) is 1. The molecule has 0 saturated carbocycles. The minimum absolute atomic E-state index is 0.0474. The van der Waals surface area contributed by atoms with Gasteiger partial charge in [-0.3, -0.25) is 9.59 Å². The third kappa shape index (κ3) is 16.1. The maximum absolute atomic E-state index is 11.5. The molecule has 0 aromatic carbocycles. The highest BCUT2D eigenvalue weighted by atomic mass is 16.6. The van der Waals surface area contributed by atoms with E-state index >= 15 is 0 Å². The van der Waals surface area contributed by atoms with Crippen LogP contribution in [0.3, 0.4) is 0 Å². The second-order valence-electron chi connectivity index (χ2n) is 7.69. The van der Waals surface area contributed by atoms with Crippen LogP contribution in [0.25, 0.3) is 0 Å². The summed E-state index contributed by atoms with van der Waals surface area (Å²) < 4.78 is 4.45. The predicted octanol–water partition coefficient (Wildman–Crippen LogP) is 4.12. The van der Waals surface area contributed by atoms with Crippen LogP contribution in [0.4, 0.5) is 0 Å². The van der Waals surface area contributed by atoms with Gasteiger partial charge < -0.3 is 20.1 Å². The van der Waals surface area contributed by atoms with Gasteiger partial charge in [0.15, 0.2) is 0 Å². The Labute approximate surface area is 174 Å². The molecule has 2 unspecified atom stereocenters. The van der Waals surface area contributed by atoms with Crippen LogP contribution in [0.2, 0.25) is 0 Å². The van der Waals surface area contributed by atoms with E-state index in [9.17, 15) is 19.5 Å². The van der Waals surface area contributed by atoms with Gasteiger partial charge in [-0.25, -0.2) is 4.79 Å². The second-order valence-corrected chi connectivity index (χ2v) is 7.69. The van der Waals surface area contributed by atoms with Gasteiger partial charge in [0.1, 0.15) is 0 Å². The summed E-state index contributed by atoms with van der Waals surface area (Å²) in [7, 11) is 0. The average molecular weight is 417 g/mol. The molecule has 0 fully saturated rings. The SMILES string of the molecule is CCCCCCCCCCCCCCCCCC(=O)OC(O)C(=O)C(O)C(=O)O. The number of carbonyl (C=O) groups excluding carboxylic acids is 2. The normalized spacial score (nSPS) is 13.1. The number of unbranched alkanes of at least 4 members (excludes halogenated alkanes) is 14. The van der Waals surface area contributed by atoms with Gasteiger partial charge in [-0.05, 0) is 6.42 Å². The van der Waals surface area contributed by atoms with Gasteiger partial charge in [-0.15, -0.1) is 0 Å². The number of ether oxygens (including phenoxy) is 1. The molecule has 0 radical (unpaired) electrons. The van der Waals surface area contributed by atoms with E-state index in [-0.39, 0.29) is 6.42 Å². The lowest BCUT2D eigenvalue weighted by atomic mass is 10.0. The number of carboxylic acids is 1. The van der Waals surface area contributed by atoms with Crippen molar-refractivity contribution in [1.82, 2.24) is 0 Å². The first-order valence-corrected chi connectivity index (χ1v) is 11.2. The molecule has 0 amide bonds. The number of aliphatic hydroxyl groups excluding tert-OH is 2. The summed E-state index contributed by atoms with van der Waals surface area (Å²) in [5, 5.41) is 26.8. The quantitative estimate of drug-likeness (QED) is 0.118. The number of Topliss-reactive ketones (excluding diaryl/α,β-unsaturated/α-hetero) is 1. The first-order chi connectivity index (χ1) is 13.9. The van der Waals surface area contributed by atoms with Crippen LogP contribution in [0.1, 0.15) is 110 Å². The zero-order valence-corrected chi connectivity index (χ0v) is 17.9. The van der Waals surface area contributed by atoms with Gasteiger partial charge >= 0.3 is 11.9 Å². The minimum atomic E-state index is -2.40. The Kier molecular flexibility index (Phi) is 17.6. The van der Waals surface area contributed by atoms with E-state index in [1.807, 2.05) is 0 Å². The van der Waals surface area contributed by atoms with E-state index in [4.69, 9.17) is 10.2 Å². The number of aliphatic hydroxyl groups is 2. The number of carbonyl (C=O) groups is 3. The summed E-state index contributed by atoms with van der Waals surface area (Å²) in [6.45, 7) is 2.24. The molecule has 170 valence electrons. The Hall–Kier alpha value is -1.47. The molecular formula is C22H40O7. The van der Waals surface area contributed by atoms with E-state index in [0.717, 1.165) is 19.3 Å². The van der Waals surface area contributed by atoms with Crippen LogP contribution in [-0.2, 0) is 19.1 Å². The smallest absolute Gasteiger partial charge is 0.340 e. The summed E-state index contributed by atoms with van der Waals surface area (Å²) in [5.41, 5.74) is 0.